The summed E-state index contributed by atoms with van der Waals surface area (Å²) in [7, 11) is -4.61. The fourth-order valence-corrected chi connectivity index (χ4v) is 6.11. The molecule has 2 saturated heterocycles. The molecule has 10 nitrogen and oxygen atoms in total. The second kappa shape index (κ2) is 8.77. The highest BCUT2D eigenvalue weighted by atomic mass is 28.4. The molecule has 2 aliphatic rings. The van der Waals surface area contributed by atoms with Crippen molar-refractivity contribution < 1.29 is 23.1 Å². The van der Waals surface area contributed by atoms with Crippen molar-refractivity contribution >= 4 is 22.5 Å². The number of aromatic nitrogens is 2. The highest BCUT2D eigenvalue weighted by molar-refractivity contribution is 6.74. The summed E-state index contributed by atoms with van der Waals surface area (Å²) in [5.41, 5.74) is 3.36. The van der Waals surface area contributed by atoms with E-state index in [9.17, 15) is 14.4 Å². The Morgan fingerprint density at radius 2 is 1.69 bits per heavy atom. The van der Waals surface area contributed by atoms with Crippen LogP contribution in [-0.4, -0.2) is 62.6 Å². The molecule has 198 valence electrons. The minimum atomic E-state index is -2.44. The monoisotopic (exact) mass is 527 g/mol. The molecule has 3 N–H and O–H groups in total. The van der Waals surface area contributed by atoms with Gasteiger partial charge in [-0.2, -0.15) is 0 Å². The van der Waals surface area contributed by atoms with Crippen LogP contribution in [0.4, 0.5) is 0 Å². The van der Waals surface area contributed by atoms with Gasteiger partial charge >= 0.3 is 5.69 Å². The Morgan fingerprint density at radius 3 is 2.14 bits per heavy atom. The summed E-state index contributed by atoms with van der Waals surface area (Å²) in [5, 5.41) is -0.208. The number of primary amides is 1. The van der Waals surface area contributed by atoms with Crippen molar-refractivity contribution in [2.45, 2.75) is 108 Å². The number of nitrogens with two attached hydrogens (primary N) is 1. The average Bonchev–Trinajstić information content (AvgIpc) is 3.35. The Balaban J connectivity index is 2.08. The summed E-state index contributed by atoms with van der Waals surface area (Å²) in [6.45, 7) is 21.3. The molecule has 3 rings (SSSR count). The predicted molar refractivity (Wildman–Crippen MR) is 137 cm³/mol. The van der Waals surface area contributed by atoms with E-state index in [1.165, 1.54) is 16.8 Å². The molecule has 0 saturated carbocycles. The van der Waals surface area contributed by atoms with Crippen molar-refractivity contribution in [2.24, 2.45) is 5.73 Å². The van der Waals surface area contributed by atoms with Gasteiger partial charge in [-0.05, 0) is 36.3 Å². The van der Waals surface area contributed by atoms with Gasteiger partial charge in [0.1, 0.15) is 12.2 Å². The number of H-pyrrole nitrogens is 1. The number of ether oxygens (including phenoxy) is 2. The summed E-state index contributed by atoms with van der Waals surface area (Å²) >= 11 is 0. The Morgan fingerprint density at radius 1 is 1.11 bits per heavy atom. The number of hydrogen-bond acceptors (Lipinski definition) is 7. The Bertz CT molecular complexity index is 1090. The van der Waals surface area contributed by atoms with Crippen molar-refractivity contribution in [3.8, 4) is 0 Å². The van der Waals surface area contributed by atoms with Crippen LogP contribution in [0.3, 0.4) is 0 Å². The fourth-order valence-electron chi connectivity index (χ4n) is 3.82. The van der Waals surface area contributed by atoms with Crippen molar-refractivity contribution in [3.63, 3.8) is 0 Å². The third-order valence-electron chi connectivity index (χ3n) is 8.20. The Kier molecular flexibility index (Phi) is 7.02. The molecule has 1 amide bonds. The van der Waals surface area contributed by atoms with Crippen molar-refractivity contribution in [3.05, 3.63) is 33.1 Å². The zero-order valence-corrected chi connectivity index (χ0v) is 24.6. The summed E-state index contributed by atoms with van der Waals surface area (Å²) in [4.78, 5) is 39.1. The van der Waals surface area contributed by atoms with Gasteiger partial charge in [0.05, 0.1) is 6.61 Å². The lowest BCUT2D eigenvalue weighted by atomic mass is 9.93. The number of rotatable bonds is 7. The molecule has 2 fully saturated rings. The van der Waals surface area contributed by atoms with Gasteiger partial charge in [-0.15, -0.1) is 0 Å². The molecule has 35 heavy (non-hydrogen) atoms. The van der Waals surface area contributed by atoms with E-state index in [0.717, 1.165) is 0 Å². The largest absolute Gasteiger partial charge is 0.414 e. The van der Waals surface area contributed by atoms with Crippen LogP contribution in [0, 0.1) is 0 Å². The van der Waals surface area contributed by atoms with E-state index in [1.807, 2.05) is 0 Å². The van der Waals surface area contributed by atoms with E-state index in [1.54, 1.807) is 0 Å². The molecule has 3 heterocycles. The second-order valence-corrected chi connectivity index (χ2v) is 22.2. The molecule has 0 aromatic carbocycles. The maximum Gasteiger partial charge on any atom is 0.330 e. The molecule has 1 unspecified atom stereocenters. The Labute approximate surface area is 208 Å². The zero-order chi connectivity index (χ0) is 26.8. The van der Waals surface area contributed by atoms with Gasteiger partial charge < -0.3 is 24.1 Å². The smallest absolute Gasteiger partial charge is 0.330 e. The van der Waals surface area contributed by atoms with E-state index in [-0.39, 0.29) is 16.7 Å². The lowest BCUT2D eigenvalue weighted by molar-refractivity contribution is -0.119. The Hall–Kier alpha value is -1.58. The van der Waals surface area contributed by atoms with Crippen LogP contribution in [-0.2, 0) is 23.1 Å². The van der Waals surface area contributed by atoms with Crippen molar-refractivity contribution in [1.82, 2.24) is 9.55 Å². The van der Waals surface area contributed by atoms with Crippen LogP contribution < -0.4 is 17.0 Å². The van der Waals surface area contributed by atoms with Crippen LogP contribution in [0.5, 0.6) is 0 Å². The van der Waals surface area contributed by atoms with E-state index < -0.39 is 63.9 Å². The van der Waals surface area contributed by atoms with Gasteiger partial charge in [0.2, 0.25) is 5.91 Å². The first-order valence-electron chi connectivity index (χ1n) is 12.0. The molecular weight excluding hydrogens is 486 g/mol. The minimum Gasteiger partial charge on any atom is -0.414 e. The van der Waals surface area contributed by atoms with E-state index in [2.05, 4.69) is 72.7 Å². The van der Waals surface area contributed by atoms with Gasteiger partial charge in [0.25, 0.3) is 5.56 Å². The molecule has 1 spiro atoms. The number of carbonyl (C=O) groups excluding carboxylic acids is 1. The van der Waals surface area contributed by atoms with E-state index in [4.69, 9.17) is 24.1 Å². The maximum atomic E-state index is 12.8. The molecule has 12 heteroatoms. The van der Waals surface area contributed by atoms with Crippen molar-refractivity contribution in [1.29, 1.82) is 0 Å². The van der Waals surface area contributed by atoms with Crippen LogP contribution in [0.15, 0.2) is 21.9 Å². The molecule has 0 aliphatic carbocycles. The third kappa shape index (κ3) is 5.01. The second-order valence-electron chi connectivity index (χ2n) is 12.7. The number of amides is 1. The summed E-state index contributed by atoms with van der Waals surface area (Å²) in [6, 6.07) is 1.25. The SMILES string of the molecule is CC(C)(C)[Si](C)(C)OC[C@H]1O[C@@H](n2ccc(=O)[nH]c2=O)[C@H](O[Si](C)(C)C(C)(C)C)[C@@]12OC2C(N)=O. The van der Waals surface area contributed by atoms with Gasteiger partial charge in [0.15, 0.2) is 34.6 Å². The summed E-state index contributed by atoms with van der Waals surface area (Å²) < 4.78 is 27.0. The number of carbonyl (C=O) groups is 1. The number of hydrogen-bond donors (Lipinski definition) is 2. The maximum absolute atomic E-state index is 12.8. The van der Waals surface area contributed by atoms with Gasteiger partial charge in [-0.25, -0.2) is 4.79 Å². The van der Waals surface area contributed by atoms with Crippen molar-refractivity contribution in [2.75, 3.05) is 6.61 Å². The topological polar surface area (TPSA) is 138 Å². The van der Waals surface area contributed by atoms with E-state index >= 15 is 0 Å². The van der Waals surface area contributed by atoms with Crippen LogP contribution in [0.2, 0.25) is 36.3 Å². The molecular formula is C23H41N3O7Si2. The average molecular weight is 528 g/mol. The lowest BCUT2D eigenvalue weighted by Gasteiger charge is -2.40. The number of nitrogens with zero attached hydrogens (tertiary/aromatic N) is 1. The highest BCUT2D eigenvalue weighted by Crippen LogP contribution is 2.56. The first-order chi connectivity index (χ1) is 15.7. The standard InChI is InChI=1S/C23H41N3O7Si2/c1-21(2,3)34(7,8)30-13-14-23(16(32-23)18(24)28)17(33-35(9,10)22(4,5)6)19(31-14)26-12-11-15(27)25-20(26)29/h11-12,14,16-17,19H,13H2,1-10H3,(H2,24,28)(H,25,27,29)/t14-,16?,17+,19-,23-/m1/s1. The first-order valence-corrected chi connectivity index (χ1v) is 17.8. The van der Waals surface area contributed by atoms with Gasteiger partial charge in [0, 0.05) is 12.3 Å². The molecule has 2 aliphatic heterocycles. The van der Waals surface area contributed by atoms with Gasteiger partial charge in [-0.3, -0.25) is 19.1 Å². The number of aromatic amines is 1. The molecule has 5 atom stereocenters. The number of nitrogens with one attached hydrogen (secondary N) is 1. The first kappa shape index (κ1) is 28.0. The fraction of sp³-hybridized carbons (Fsp3) is 0.783. The molecule has 0 bridgehead atoms. The minimum absolute atomic E-state index is 0.0431. The highest BCUT2D eigenvalue weighted by Gasteiger charge is 2.76. The summed E-state index contributed by atoms with van der Waals surface area (Å²) in [6.07, 6.45) is -2.01. The lowest BCUT2D eigenvalue weighted by Crippen LogP contribution is -2.53. The van der Waals surface area contributed by atoms with E-state index in [0.29, 0.717) is 0 Å². The predicted octanol–water partition coefficient (Wildman–Crippen LogP) is 2.47. The molecule has 1 aromatic rings. The third-order valence-corrected chi connectivity index (χ3v) is 17.2. The molecule has 0 radical (unpaired) electrons. The molecule has 1 aromatic heterocycles. The van der Waals surface area contributed by atoms with Crippen LogP contribution >= 0.6 is 0 Å². The van der Waals surface area contributed by atoms with Crippen LogP contribution in [0.25, 0.3) is 0 Å². The zero-order valence-electron chi connectivity index (χ0n) is 22.6. The normalized spacial score (nSPS) is 29.5. The summed E-state index contributed by atoms with van der Waals surface area (Å²) in [5.74, 6) is -0.621. The van der Waals surface area contributed by atoms with Gasteiger partial charge in [-0.1, -0.05) is 41.5 Å². The number of epoxide rings is 1. The quantitative estimate of drug-likeness (QED) is 0.410. The van der Waals surface area contributed by atoms with Crippen LogP contribution in [0.1, 0.15) is 47.8 Å².